The number of aryl methyl sites for hydroxylation is 2. The molecule has 0 spiro atoms. The number of rotatable bonds is 6. The maximum absolute atomic E-state index is 12.6. The van der Waals surface area contributed by atoms with E-state index in [-0.39, 0.29) is 18.4 Å². The molecule has 1 aliphatic heterocycles. The lowest BCUT2D eigenvalue weighted by Gasteiger charge is -2.32. The minimum Gasteiger partial charge on any atom is -0.484 e. The third kappa shape index (κ3) is 3.85. The number of amides is 1. The van der Waals surface area contributed by atoms with Gasteiger partial charge in [0.25, 0.3) is 5.91 Å². The van der Waals surface area contributed by atoms with Gasteiger partial charge in [-0.15, -0.1) is 0 Å². The molecular weight excluding hydrogens is 318 g/mol. The van der Waals surface area contributed by atoms with Crippen LogP contribution in [0, 0.1) is 6.92 Å². The van der Waals surface area contributed by atoms with Crippen molar-refractivity contribution in [3.05, 3.63) is 47.5 Å². The van der Waals surface area contributed by atoms with Crippen LogP contribution in [0.1, 0.15) is 29.8 Å². The molecule has 0 fully saturated rings. The van der Waals surface area contributed by atoms with Gasteiger partial charge in [-0.3, -0.25) is 4.79 Å². The Balaban J connectivity index is 1.68. The average Bonchev–Trinajstić information content (AvgIpc) is 3.00. The number of para-hydroxylation sites is 1. The molecule has 0 N–H and O–H groups in total. The Labute approximate surface area is 148 Å². The number of carbonyl (C=O) groups is 1. The van der Waals surface area contributed by atoms with Crippen LogP contribution in [0.3, 0.4) is 0 Å². The number of hydrogen-bond acceptors (Lipinski definition) is 4. The molecule has 6 nitrogen and oxygen atoms in total. The van der Waals surface area contributed by atoms with Gasteiger partial charge in [0.2, 0.25) is 0 Å². The molecule has 1 aromatic carbocycles. The SMILES string of the molecule is CCOCC1CN(C(=O)COc2ccccc2C)Cc2ncn(C)c21. The van der Waals surface area contributed by atoms with Crippen LogP contribution in [0.2, 0.25) is 0 Å². The van der Waals surface area contributed by atoms with Crippen LogP contribution < -0.4 is 4.74 Å². The highest BCUT2D eigenvalue weighted by Gasteiger charge is 2.31. The molecule has 0 saturated heterocycles. The molecule has 0 radical (unpaired) electrons. The van der Waals surface area contributed by atoms with Gasteiger partial charge in [0.05, 0.1) is 25.2 Å². The summed E-state index contributed by atoms with van der Waals surface area (Å²) in [5, 5.41) is 0. The molecule has 1 amide bonds. The fraction of sp³-hybridized carbons (Fsp3) is 0.474. The quantitative estimate of drug-likeness (QED) is 0.807. The zero-order valence-corrected chi connectivity index (χ0v) is 15.1. The number of carbonyl (C=O) groups excluding carboxylic acids is 1. The first kappa shape index (κ1) is 17.5. The van der Waals surface area contributed by atoms with Gasteiger partial charge in [0, 0.05) is 31.8 Å². The number of ether oxygens (including phenoxy) is 2. The second-order valence-corrected chi connectivity index (χ2v) is 6.37. The summed E-state index contributed by atoms with van der Waals surface area (Å²) in [5.74, 6) is 0.858. The summed E-state index contributed by atoms with van der Waals surface area (Å²) in [6, 6.07) is 7.72. The number of hydrogen-bond donors (Lipinski definition) is 0. The van der Waals surface area contributed by atoms with Crippen molar-refractivity contribution < 1.29 is 14.3 Å². The number of fused-ring (bicyclic) bond motifs is 1. The Morgan fingerprint density at radius 3 is 2.92 bits per heavy atom. The predicted octanol–water partition coefficient (Wildman–Crippen LogP) is 2.27. The highest BCUT2D eigenvalue weighted by Crippen LogP contribution is 2.28. The van der Waals surface area contributed by atoms with E-state index in [1.54, 1.807) is 6.33 Å². The summed E-state index contributed by atoms with van der Waals surface area (Å²) in [6.07, 6.45) is 1.81. The smallest absolute Gasteiger partial charge is 0.260 e. The molecule has 0 saturated carbocycles. The van der Waals surface area contributed by atoms with Crippen molar-refractivity contribution in [1.82, 2.24) is 14.5 Å². The van der Waals surface area contributed by atoms with E-state index >= 15 is 0 Å². The van der Waals surface area contributed by atoms with Crippen molar-refractivity contribution in [1.29, 1.82) is 0 Å². The number of benzene rings is 1. The second kappa shape index (κ2) is 7.70. The fourth-order valence-electron chi connectivity index (χ4n) is 3.26. The van der Waals surface area contributed by atoms with Crippen LogP contribution in [-0.4, -0.2) is 46.7 Å². The summed E-state index contributed by atoms with van der Waals surface area (Å²) >= 11 is 0. The third-order valence-electron chi connectivity index (χ3n) is 4.55. The molecule has 6 heteroatoms. The van der Waals surface area contributed by atoms with Crippen molar-refractivity contribution in [3.63, 3.8) is 0 Å². The van der Waals surface area contributed by atoms with Crippen LogP contribution in [0.5, 0.6) is 5.75 Å². The largest absolute Gasteiger partial charge is 0.484 e. The first-order valence-corrected chi connectivity index (χ1v) is 8.64. The molecule has 0 aliphatic carbocycles. The molecule has 1 unspecified atom stereocenters. The number of aromatic nitrogens is 2. The number of imidazole rings is 1. The monoisotopic (exact) mass is 343 g/mol. The molecule has 1 aromatic heterocycles. The van der Waals surface area contributed by atoms with Crippen molar-refractivity contribution in [2.45, 2.75) is 26.3 Å². The first-order chi connectivity index (χ1) is 12.1. The van der Waals surface area contributed by atoms with E-state index in [1.165, 1.54) is 0 Å². The highest BCUT2D eigenvalue weighted by molar-refractivity contribution is 5.78. The van der Waals surface area contributed by atoms with Gasteiger partial charge >= 0.3 is 0 Å². The molecular formula is C19H25N3O3. The highest BCUT2D eigenvalue weighted by atomic mass is 16.5. The summed E-state index contributed by atoms with van der Waals surface area (Å²) in [6.45, 7) is 6.38. The standard InChI is InChI=1S/C19H25N3O3/c1-4-24-11-15-9-22(10-16-19(15)21(3)13-20-16)18(23)12-25-17-8-6-5-7-14(17)2/h5-8,13,15H,4,9-12H2,1-3H3. The van der Waals surface area contributed by atoms with E-state index in [1.807, 2.05) is 54.6 Å². The lowest BCUT2D eigenvalue weighted by molar-refractivity contribution is -0.135. The van der Waals surface area contributed by atoms with Gasteiger partial charge < -0.3 is 18.9 Å². The molecule has 1 aliphatic rings. The van der Waals surface area contributed by atoms with Gasteiger partial charge in [-0.1, -0.05) is 18.2 Å². The third-order valence-corrected chi connectivity index (χ3v) is 4.55. The molecule has 1 atom stereocenters. The Kier molecular flexibility index (Phi) is 5.38. The van der Waals surface area contributed by atoms with Gasteiger partial charge in [0.1, 0.15) is 5.75 Å². The van der Waals surface area contributed by atoms with Gasteiger partial charge in [-0.25, -0.2) is 4.98 Å². The average molecular weight is 343 g/mol. The molecule has 2 heterocycles. The van der Waals surface area contributed by atoms with Crippen LogP contribution >= 0.6 is 0 Å². The molecule has 25 heavy (non-hydrogen) atoms. The predicted molar refractivity (Wildman–Crippen MR) is 94.5 cm³/mol. The molecule has 134 valence electrons. The van der Waals surface area contributed by atoms with E-state index in [0.717, 1.165) is 22.7 Å². The van der Waals surface area contributed by atoms with E-state index in [0.29, 0.717) is 26.3 Å². The minimum absolute atomic E-state index is 0.0268. The Morgan fingerprint density at radius 1 is 1.36 bits per heavy atom. The number of nitrogens with zero attached hydrogens (tertiary/aromatic N) is 3. The van der Waals surface area contributed by atoms with E-state index < -0.39 is 0 Å². The second-order valence-electron chi connectivity index (χ2n) is 6.37. The van der Waals surface area contributed by atoms with Crippen molar-refractivity contribution in [2.24, 2.45) is 7.05 Å². The van der Waals surface area contributed by atoms with Gasteiger partial charge in [-0.2, -0.15) is 0 Å². The Hall–Kier alpha value is -2.34. The molecule has 2 aromatic rings. The zero-order valence-electron chi connectivity index (χ0n) is 15.1. The van der Waals surface area contributed by atoms with E-state index in [2.05, 4.69) is 4.98 Å². The zero-order chi connectivity index (χ0) is 17.8. The first-order valence-electron chi connectivity index (χ1n) is 8.64. The topological polar surface area (TPSA) is 56.6 Å². The summed E-state index contributed by atoms with van der Waals surface area (Å²) in [7, 11) is 1.99. The van der Waals surface area contributed by atoms with Crippen molar-refractivity contribution >= 4 is 5.91 Å². The van der Waals surface area contributed by atoms with Crippen LogP contribution in [0.4, 0.5) is 0 Å². The lowest BCUT2D eigenvalue weighted by Crippen LogP contribution is -2.42. The van der Waals surface area contributed by atoms with E-state index in [4.69, 9.17) is 9.47 Å². The normalized spacial score (nSPS) is 16.6. The minimum atomic E-state index is -0.0268. The van der Waals surface area contributed by atoms with Crippen LogP contribution in [-0.2, 0) is 23.1 Å². The van der Waals surface area contributed by atoms with E-state index in [9.17, 15) is 4.79 Å². The lowest BCUT2D eigenvalue weighted by atomic mass is 9.99. The summed E-state index contributed by atoms with van der Waals surface area (Å²) in [5.41, 5.74) is 3.13. The van der Waals surface area contributed by atoms with Crippen molar-refractivity contribution in [3.8, 4) is 5.75 Å². The van der Waals surface area contributed by atoms with Crippen molar-refractivity contribution in [2.75, 3.05) is 26.4 Å². The Morgan fingerprint density at radius 2 is 2.16 bits per heavy atom. The maximum Gasteiger partial charge on any atom is 0.260 e. The summed E-state index contributed by atoms with van der Waals surface area (Å²) < 4.78 is 13.4. The summed E-state index contributed by atoms with van der Waals surface area (Å²) in [4.78, 5) is 18.9. The Bertz CT molecular complexity index is 741. The maximum atomic E-state index is 12.6. The van der Waals surface area contributed by atoms with Gasteiger partial charge in [-0.05, 0) is 25.5 Å². The van der Waals surface area contributed by atoms with Crippen LogP contribution in [0.25, 0.3) is 0 Å². The fourth-order valence-corrected chi connectivity index (χ4v) is 3.26. The molecule has 0 bridgehead atoms. The van der Waals surface area contributed by atoms with Gasteiger partial charge in [0.15, 0.2) is 6.61 Å². The van der Waals surface area contributed by atoms with Crippen LogP contribution in [0.15, 0.2) is 30.6 Å². The molecule has 3 rings (SSSR count).